The number of nitrogens with one attached hydrogen (secondary N) is 1. The lowest BCUT2D eigenvalue weighted by Crippen LogP contribution is -2.29. The van der Waals surface area contributed by atoms with E-state index < -0.39 is 0 Å². The maximum absolute atomic E-state index is 12.6. The Kier molecular flexibility index (Phi) is 2.87. The van der Waals surface area contributed by atoms with Crippen LogP contribution in [0, 0.1) is 11.8 Å². The van der Waals surface area contributed by atoms with Gasteiger partial charge < -0.3 is 16.0 Å². The van der Waals surface area contributed by atoms with Gasteiger partial charge in [0.1, 0.15) is 10.7 Å². The highest BCUT2D eigenvalue weighted by atomic mass is 32.1. The Morgan fingerprint density at radius 1 is 1.25 bits per heavy atom. The summed E-state index contributed by atoms with van der Waals surface area (Å²) in [5.74, 6) is 1.91. The number of anilines is 2. The molecule has 1 aliphatic heterocycles. The number of nitrogens with zero attached hydrogens (tertiary/aromatic N) is 2. The fraction of sp³-hybridized carbons (Fsp3) is 0.714. The van der Waals surface area contributed by atoms with Gasteiger partial charge in [-0.2, -0.15) is 0 Å². The van der Waals surface area contributed by atoms with Crippen molar-refractivity contribution >= 4 is 28.2 Å². The number of likely N-dealkylation sites (tertiary alicyclic amines) is 1. The lowest BCUT2D eigenvalue weighted by atomic mass is 10.0. The lowest BCUT2D eigenvalue weighted by Gasteiger charge is -2.16. The van der Waals surface area contributed by atoms with Crippen molar-refractivity contribution in [1.29, 1.82) is 0 Å². The van der Waals surface area contributed by atoms with E-state index in [0.717, 1.165) is 30.1 Å². The quantitative estimate of drug-likeness (QED) is 0.895. The molecule has 6 heteroatoms. The van der Waals surface area contributed by atoms with Gasteiger partial charge in [-0.25, -0.2) is 4.98 Å². The summed E-state index contributed by atoms with van der Waals surface area (Å²) in [6.07, 6.45) is 6.27. The van der Waals surface area contributed by atoms with Crippen molar-refractivity contribution in [2.24, 2.45) is 11.8 Å². The highest BCUT2D eigenvalue weighted by Crippen LogP contribution is 2.39. The Balaban J connectivity index is 1.49. The second-order valence-electron chi connectivity index (χ2n) is 6.31. The van der Waals surface area contributed by atoms with Gasteiger partial charge in [-0.05, 0) is 37.5 Å². The number of carbonyl (C=O) groups is 1. The third kappa shape index (κ3) is 2.16. The number of fused-ring (bicyclic) bond motifs is 1. The third-order valence-corrected chi connectivity index (χ3v) is 5.76. The van der Waals surface area contributed by atoms with Gasteiger partial charge in [-0.15, -0.1) is 0 Å². The van der Waals surface area contributed by atoms with Gasteiger partial charge in [-0.1, -0.05) is 17.8 Å². The molecule has 2 saturated carbocycles. The minimum atomic E-state index is 0.0817. The molecule has 1 aromatic rings. The molecular weight excluding hydrogens is 272 g/mol. The summed E-state index contributed by atoms with van der Waals surface area (Å²) in [6.45, 7) is 1.82. The van der Waals surface area contributed by atoms with Crippen molar-refractivity contribution in [3.63, 3.8) is 0 Å². The first-order chi connectivity index (χ1) is 9.70. The maximum atomic E-state index is 12.6. The Morgan fingerprint density at radius 2 is 1.95 bits per heavy atom. The zero-order valence-electron chi connectivity index (χ0n) is 11.5. The van der Waals surface area contributed by atoms with Crippen LogP contribution >= 0.6 is 11.3 Å². The highest BCUT2D eigenvalue weighted by Gasteiger charge is 2.39. The van der Waals surface area contributed by atoms with E-state index in [0.29, 0.717) is 16.7 Å². The molecule has 2 unspecified atom stereocenters. The van der Waals surface area contributed by atoms with Gasteiger partial charge in [-0.3, -0.25) is 4.79 Å². The molecule has 5 nitrogen and oxygen atoms in total. The van der Waals surface area contributed by atoms with E-state index in [-0.39, 0.29) is 5.91 Å². The summed E-state index contributed by atoms with van der Waals surface area (Å²) in [5.41, 5.74) is 5.93. The third-order valence-electron chi connectivity index (χ3n) is 4.77. The molecule has 3 N–H and O–H groups in total. The molecular formula is C14H20N4OS. The van der Waals surface area contributed by atoms with Crippen molar-refractivity contribution in [2.75, 3.05) is 24.1 Å². The molecule has 1 amide bonds. The van der Waals surface area contributed by atoms with E-state index in [1.165, 1.54) is 43.4 Å². The van der Waals surface area contributed by atoms with Crippen LogP contribution in [0.25, 0.3) is 0 Å². The van der Waals surface area contributed by atoms with Crippen LogP contribution in [0.15, 0.2) is 0 Å². The number of carbonyl (C=O) groups excluding carboxylic acids is 1. The largest absolute Gasteiger partial charge is 0.382 e. The predicted molar refractivity (Wildman–Crippen MR) is 79.9 cm³/mol. The molecule has 0 radical (unpaired) electrons. The van der Waals surface area contributed by atoms with Gasteiger partial charge in [0.2, 0.25) is 0 Å². The second kappa shape index (κ2) is 4.62. The number of amides is 1. The Morgan fingerprint density at radius 3 is 2.60 bits per heavy atom. The molecule has 1 aromatic heterocycles. The minimum Gasteiger partial charge on any atom is -0.382 e. The molecule has 20 heavy (non-hydrogen) atoms. The molecule has 1 saturated heterocycles. The fourth-order valence-corrected chi connectivity index (χ4v) is 4.42. The molecule has 2 atom stereocenters. The van der Waals surface area contributed by atoms with E-state index in [4.69, 9.17) is 5.73 Å². The van der Waals surface area contributed by atoms with Crippen molar-refractivity contribution in [3.8, 4) is 0 Å². The van der Waals surface area contributed by atoms with Crippen LogP contribution in [0.5, 0.6) is 0 Å². The van der Waals surface area contributed by atoms with Gasteiger partial charge in [0.25, 0.3) is 5.91 Å². The Hall–Kier alpha value is -1.30. The number of nitrogen functional groups attached to an aromatic ring is 1. The molecule has 3 fully saturated rings. The van der Waals surface area contributed by atoms with Crippen LogP contribution in [0.1, 0.15) is 41.8 Å². The molecule has 4 rings (SSSR count). The second-order valence-corrected chi connectivity index (χ2v) is 7.31. The predicted octanol–water partition coefficient (Wildman–Crippen LogP) is 2.17. The van der Waals surface area contributed by atoms with Crippen LogP contribution in [0.2, 0.25) is 0 Å². The van der Waals surface area contributed by atoms with Crippen molar-refractivity contribution in [2.45, 2.75) is 38.1 Å². The zero-order chi connectivity index (χ0) is 13.7. The molecule has 108 valence electrons. The molecule has 3 aliphatic rings. The summed E-state index contributed by atoms with van der Waals surface area (Å²) in [7, 11) is 0. The van der Waals surface area contributed by atoms with E-state index in [1.807, 2.05) is 4.90 Å². The fourth-order valence-electron chi connectivity index (χ4n) is 3.49. The first-order valence-corrected chi connectivity index (χ1v) is 8.34. The number of nitrogens with two attached hydrogens (primary N) is 1. The Bertz CT molecular complexity index is 527. The summed E-state index contributed by atoms with van der Waals surface area (Å²) in [4.78, 5) is 19.5. The number of aromatic nitrogens is 1. The van der Waals surface area contributed by atoms with Crippen molar-refractivity contribution in [1.82, 2.24) is 9.88 Å². The van der Waals surface area contributed by atoms with Crippen LogP contribution < -0.4 is 11.1 Å². The van der Waals surface area contributed by atoms with Crippen LogP contribution in [-0.2, 0) is 0 Å². The van der Waals surface area contributed by atoms with Gasteiger partial charge in [0, 0.05) is 19.1 Å². The number of hydrogen-bond donors (Lipinski definition) is 2. The first kappa shape index (κ1) is 12.4. The van der Waals surface area contributed by atoms with Crippen LogP contribution in [0.3, 0.4) is 0 Å². The van der Waals surface area contributed by atoms with E-state index in [1.54, 1.807) is 0 Å². The number of hydrogen-bond acceptors (Lipinski definition) is 5. The Labute approximate surface area is 122 Å². The maximum Gasteiger partial charge on any atom is 0.267 e. The summed E-state index contributed by atoms with van der Waals surface area (Å²) in [6, 6.07) is 0.537. The summed E-state index contributed by atoms with van der Waals surface area (Å²) < 4.78 is 0. The monoisotopic (exact) mass is 292 g/mol. The summed E-state index contributed by atoms with van der Waals surface area (Å²) in [5, 5.41) is 4.12. The zero-order valence-corrected chi connectivity index (χ0v) is 12.3. The lowest BCUT2D eigenvalue weighted by molar-refractivity contribution is 0.0786. The van der Waals surface area contributed by atoms with E-state index in [9.17, 15) is 4.79 Å². The van der Waals surface area contributed by atoms with Gasteiger partial charge >= 0.3 is 0 Å². The van der Waals surface area contributed by atoms with Gasteiger partial charge in [0.15, 0.2) is 5.13 Å². The van der Waals surface area contributed by atoms with Gasteiger partial charge in [0.05, 0.1) is 0 Å². The SMILES string of the molecule is Nc1nc(NC2CC2)sc1C(=O)N1CC2CCCC2C1. The van der Waals surface area contributed by atoms with Crippen LogP contribution in [0.4, 0.5) is 10.9 Å². The topological polar surface area (TPSA) is 71.2 Å². The number of thiazole rings is 1. The average molecular weight is 292 g/mol. The van der Waals surface area contributed by atoms with Crippen molar-refractivity contribution < 1.29 is 4.79 Å². The van der Waals surface area contributed by atoms with E-state index >= 15 is 0 Å². The summed E-state index contributed by atoms with van der Waals surface area (Å²) >= 11 is 1.41. The molecule has 2 heterocycles. The molecule has 0 spiro atoms. The molecule has 0 aromatic carbocycles. The van der Waals surface area contributed by atoms with Crippen LogP contribution in [-0.4, -0.2) is 34.9 Å². The first-order valence-electron chi connectivity index (χ1n) is 7.53. The van der Waals surface area contributed by atoms with E-state index in [2.05, 4.69) is 10.3 Å². The van der Waals surface area contributed by atoms with Crippen molar-refractivity contribution in [3.05, 3.63) is 4.88 Å². The normalized spacial score (nSPS) is 28.7. The highest BCUT2D eigenvalue weighted by molar-refractivity contribution is 7.18. The molecule has 0 bridgehead atoms. The number of rotatable bonds is 3. The average Bonchev–Trinajstić information content (AvgIpc) is 2.83. The molecule has 2 aliphatic carbocycles. The standard InChI is InChI=1S/C14H20N4OS/c15-12-11(20-14(17-12)16-10-4-5-10)13(19)18-6-8-2-1-3-9(8)7-18/h8-10H,1-7,15H2,(H,16,17). The minimum absolute atomic E-state index is 0.0817. The smallest absolute Gasteiger partial charge is 0.267 e.